The van der Waals surface area contributed by atoms with Gasteiger partial charge in [0.2, 0.25) is 5.91 Å². The summed E-state index contributed by atoms with van der Waals surface area (Å²) in [4.78, 5) is 34.6. The number of furan rings is 1. The summed E-state index contributed by atoms with van der Waals surface area (Å²) < 4.78 is 11.5. The zero-order valence-corrected chi connectivity index (χ0v) is 21.7. The molecule has 0 bridgehead atoms. The van der Waals surface area contributed by atoms with Gasteiger partial charge in [0, 0.05) is 23.7 Å². The van der Waals surface area contributed by atoms with Crippen molar-refractivity contribution in [3.63, 3.8) is 0 Å². The second-order valence-corrected chi connectivity index (χ2v) is 9.80. The molecule has 9 nitrogen and oxygen atoms in total. The van der Waals surface area contributed by atoms with Gasteiger partial charge >= 0.3 is 6.03 Å². The first-order valence-electron chi connectivity index (χ1n) is 12.3. The van der Waals surface area contributed by atoms with Crippen molar-refractivity contribution in [2.24, 2.45) is 4.99 Å². The van der Waals surface area contributed by atoms with E-state index in [2.05, 4.69) is 11.4 Å². The van der Waals surface area contributed by atoms with Crippen molar-refractivity contribution >= 4 is 29.4 Å². The number of amidine groups is 1. The molecular formula is C28H26ClN5O4. The Balaban J connectivity index is 1.69. The number of piperazine rings is 1. The van der Waals surface area contributed by atoms with Gasteiger partial charge in [-0.05, 0) is 55.8 Å². The first-order valence-corrected chi connectivity index (χ1v) is 12.6. The zero-order valence-electron chi connectivity index (χ0n) is 20.9. The number of nitrogens with one attached hydrogen (secondary N) is 1. The number of halogens is 1. The van der Waals surface area contributed by atoms with Crippen LogP contribution in [-0.4, -0.2) is 53.3 Å². The number of hydrogen-bond acceptors (Lipinski definition) is 6. The molecule has 3 amide bonds. The van der Waals surface area contributed by atoms with Gasteiger partial charge in [0.25, 0.3) is 0 Å². The summed E-state index contributed by atoms with van der Waals surface area (Å²) in [5.41, 5.74) is 2.59. The molecule has 0 saturated carbocycles. The number of nitrogens with zero attached hydrogens (tertiary/aromatic N) is 4. The number of aliphatic imine (C=N–C) groups is 1. The number of hydrogen-bond donors (Lipinski definition) is 1. The fraction of sp³-hybridized carbons (Fsp3) is 0.286. The van der Waals surface area contributed by atoms with Crippen LogP contribution >= 0.6 is 11.6 Å². The molecular weight excluding hydrogens is 506 g/mol. The lowest BCUT2D eigenvalue weighted by Crippen LogP contribution is -2.55. The van der Waals surface area contributed by atoms with Crippen LogP contribution in [-0.2, 0) is 4.79 Å². The molecule has 0 aliphatic carbocycles. The van der Waals surface area contributed by atoms with Crippen molar-refractivity contribution in [3.8, 4) is 11.8 Å². The fourth-order valence-electron chi connectivity index (χ4n) is 4.72. The summed E-state index contributed by atoms with van der Waals surface area (Å²) in [6, 6.07) is 14.9. The van der Waals surface area contributed by atoms with Gasteiger partial charge in [-0.25, -0.2) is 4.79 Å². The van der Waals surface area contributed by atoms with E-state index in [0.29, 0.717) is 40.8 Å². The minimum Gasteiger partial charge on any atom is -0.490 e. The molecule has 2 unspecified atom stereocenters. The highest BCUT2D eigenvalue weighted by Gasteiger charge is 2.45. The number of rotatable bonds is 5. The van der Waals surface area contributed by atoms with Gasteiger partial charge < -0.3 is 19.4 Å². The Morgan fingerprint density at radius 1 is 1.21 bits per heavy atom. The summed E-state index contributed by atoms with van der Waals surface area (Å²) in [6.07, 6.45) is 2.97. The lowest BCUT2D eigenvalue weighted by Gasteiger charge is -2.35. The number of benzene rings is 2. The van der Waals surface area contributed by atoms with E-state index in [0.717, 1.165) is 11.1 Å². The standard InChI is InChI=1S/C28H26ClN5O4/c1-17(2)38-23-13-18(14-30)3-8-22(23)27-32-25(19-4-6-21(29)7-5-19)26(20-9-12-37-16-20)34(27)28(36)33-11-10-31-24(35)15-33/h3-9,12-13,16-17,25-26H,10-11,15H2,1-2H3,(H,31,35). The lowest BCUT2D eigenvalue weighted by atomic mass is 9.95. The highest BCUT2D eigenvalue weighted by atomic mass is 35.5. The number of urea groups is 1. The van der Waals surface area contributed by atoms with E-state index >= 15 is 0 Å². The molecule has 1 saturated heterocycles. The van der Waals surface area contributed by atoms with Gasteiger partial charge in [-0.15, -0.1) is 0 Å². The number of amides is 3. The molecule has 3 heterocycles. The van der Waals surface area contributed by atoms with Gasteiger partial charge in [-0.3, -0.25) is 14.7 Å². The van der Waals surface area contributed by atoms with E-state index in [4.69, 9.17) is 25.7 Å². The second kappa shape index (κ2) is 10.6. The monoisotopic (exact) mass is 531 g/mol. The van der Waals surface area contributed by atoms with Gasteiger partial charge in [-0.2, -0.15) is 5.26 Å². The molecule has 2 aromatic carbocycles. The Kier molecular flexibility index (Phi) is 7.07. The third-order valence-electron chi connectivity index (χ3n) is 6.39. The van der Waals surface area contributed by atoms with E-state index in [-0.39, 0.29) is 24.6 Å². The van der Waals surface area contributed by atoms with Gasteiger partial charge in [0.15, 0.2) is 0 Å². The first-order chi connectivity index (χ1) is 18.4. The molecule has 1 N–H and O–H groups in total. The van der Waals surface area contributed by atoms with Crippen LogP contribution < -0.4 is 10.1 Å². The maximum Gasteiger partial charge on any atom is 0.326 e. The van der Waals surface area contributed by atoms with E-state index in [1.165, 1.54) is 4.90 Å². The van der Waals surface area contributed by atoms with Crippen molar-refractivity contribution in [2.75, 3.05) is 19.6 Å². The van der Waals surface area contributed by atoms with Crippen LogP contribution in [0.15, 0.2) is 70.5 Å². The quantitative estimate of drug-likeness (QED) is 0.513. The largest absolute Gasteiger partial charge is 0.490 e. The number of carbonyl (C=O) groups excluding carboxylic acids is 2. The Morgan fingerprint density at radius 2 is 2.00 bits per heavy atom. The molecule has 3 aromatic rings. The van der Waals surface area contributed by atoms with Crippen LogP contribution in [0.2, 0.25) is 5.02 Å². The van der Waals surface area contributed by atoms with Crippen LogP contribution in [0, 0.1) is 11.3 Å². The zero-order chi connectivity index (χ0) is 26.8. The van der Waals surface area contributed by atoms with E-state index in [1.807, 2.05) is 26.0 Å². The Hall–Kier alpha value is -4.29. The predicted molar refractivity (Wildman–Crippen MR) is 141 cm³/mol. The summed E-state index contributed by atoms with van der Waals surface area (Å²) in [7, 11) is 0. The molecule has 2 aliphatic heterocycles. The van der Waals surface area contributed by atoms with Crippen molar-refractivity contribution in [1.29, 1.82) is 5.26 Å². The number of nitriles is 1. The first kappa shape index (κ1) is 25.4. The smallest absolute Gasteiger partial charge is 0.326 e. The molecule has 1 aromatic heterocycles. The minimum atomic E-state index is -0.565. The average Bonchev–Trinajstić information content (AvgIpc) is 3.56. The van der Waals surface area contributed by atoms with Crippen LogP contribution in [0.5, 0.6) is 5.75 Å². The molecule has 10 heteroatoms. The topological polar surface area (TPSA) is 111 Å². The highest BCUT2D eigenvalue weighted by Crippen LogP contribution is 2.45. The minimum absolute atomic E-state index is 0.0605. The SMILES string of the molecule is CC(C)Oc1cc(C#N)ccc1C1=NC(c2ccc(Cl)cc2)C(c2ccoc2)N1C(=O)N1CCNC(=O)C1. The van der Waals surface area contributed by atoms with Crippen LogP contribution in [0.1, 0.15) is 48.2 Å². The molecule has 38 heavy (non-hydrogen) atoms. The fourth-order valence-corrected chi connectivity index (χ4v) is 4.85. The van der Waals surface area contributed by atoms with Crippen molar-refractivity contribution in [2.45, 2.75) is 32.0 Å². The average molecular weight is 532 g/mol. The van der Waals surface area contributed by atoms with E-state index < -0.39 is 12.1 Å². The Labute approximate surface area is 225 Å². The molecule has 194 valence electrons. The van der Waals surface area contributed by atoms with Crippen molar-refractivity contribution in [1.82, 2.24) is 15.1 Å². The van der Waals surface area contributed by atoms with Crippen LogP contribution in [0.3, 0.4) is 0 Å². The molecule has 2 aliphatic rings. The van der Waals surface area contributed by atoms with Gasteiger partial charge in [0.05, 0.1) is 41.9 Å². The van der Waals surface area contributed by atoms with E-state index in [9.17, 15) is 14.9 Å². The summed E-state index contributed by atoms with van der Waals surface area (Å²) in [6.45, 7) is 4.44. The number of carbonyl (C=O) groups is 2. The van der Waals surface area contributed by atoms with Gasteiger partial charge in [0.1, 0.15) is 24.2 Å². The van der Waals surface area contributed by atoms with E-state index in [1.54, 1.807) is 53.8 Å². The maximum absolute atomic E-state index is 14.2. The third-order valence-corrected chi connectivity index (χ3v) is 6.64. The molecule has 0 spiro atoms. The maximum atomic E-state index is 14.2. The Morgan fingerprint density at radius 3 is 2.66 bits per heavy atom. The normalized spacial score (nSPS) is 19.2. The second-order valence-electron chi connectivity index (χ2n) is 9.36. The summed E-state index contributed by atoms with van der Waals surface area (Å²) >= 11 is 6.17. The summed E-state index contributed by atoms with van der Waals surface area (Å²) in [5.74, 6) is 0.598. The highest BCUT2D eigenvalue weighted by molar-refractivity contribution is 6.30. The lowest BCUT2D eigenvalue weighted by molar-refractivity contribution is -0.123. The molecule has 2 atom stereocenters. The third kappa shape index (κ3) is 4.95. The molecule has 0 radical (unpaired) electrons. The predicted octanol–water partition coefficient (Wildman–Crippen LogP) is 4.69. The van der Waals surface area contributed by atoms with Crippen LogP contribution in [0.4, 0.5) is 4.79 Å². The summed E-state index contributed by atoms with van der Waals surface area (Å²) in [5, 5.41) is 12.9. The van der Waals surface area contributed by atoms with Gasteiger partial charge in [-0.1, -0.05) is 23.7 Å². The Bertz CT molecular complexity index is 1410. The molecule has 1 fully saturated rings. The molecule has 5 rings (SSSR count). The van der Waals surface area contributed by atoms with Crippen molar-refractivity contribution in [3.05, 3.63) is 88.3 Å². The van der Waals surface area contributed by atoms with Crippen molar-refractivity contribution < 1.29 is 18.7 Å². The van der Waals surface area contributed by atoms with Crippen LogP contribution in [0.25, 0.3) is 0 Å². The number of ether oxygens (including phenoxy) is 1.